The van der Waals surface area contributed by atoms with E-state index in [1.54, 1.807) is 37.3 Å². The summed E-state index contributed by atoms with van der Waals surface area (Å²) in [5.41, 5.74) is 5.63. The third kappa shape index (κ3) is 3.06. The molecule has 0 fully saturated rings. The lowest BCUT2D eigenvalue weighted by Crippen LogP contribution is -2.31. The second-order valence-electron chi connectivity index (χ2n) is 6.51. The van der Waals surface area contributed by atoms with Crippen molar-refractivity contribution in [3.63, 3.8) is 0 Å². The van der Waals surface area contributed by atoms with Crippen molar-refractivity contribution in [1.29, 1.82) is 0 Å². The first-order chi connectivity index (χ1) is 14.4. The first-order valence-corrected chi connectivity index (χ1v) is 9.07. The van der Waals surface area contributed by atoms with E-state index in [0.717, 1.165) is 0 Å². The average molecular weight is 408 g/mol. The predicted octanol–water partition coefficient (Wildman–Crippen LogP) is 2.96. The number of ether oxygens (including phenoxy) is 2. The Morgan fingerprint density at radius 1 is 1.23 bits per heavy atom. The van der Waals surface area contributed by atoms with E-state index in [-0.39, 0.29) is 40.6 Å². The quantitative estimate of drug-likeness (QED) is 0.301. The van der Waals surface area contributed by atoms with Gasteiger partial charge in [-0.3, -0.25) is 10.1 Å². The molecule has 9 heteroatoms. The van der Waals surface area contributed by atoms with E-state index in [1.165, 1.54) is 18.2 Å². The molecule has 0 saturated heterocycles. The topological polar surface area (TPSA) is 135 Å². The zero-order chi connectivity index (χ0) is 21.4. The number of non-ortho nitro benzene ring substituents is 1. The lowest BCUT2D eigenvalue weighted by Gasteiger charge is -2.27. The second-order valence-corrected chi connectivity index (χ2v) is 6.51. The van der Waals surface area contributed by atoms with Gasteiger partial charge in [0.25, 0.3) is 5.69 Å². The van der Waals surface area contributed by atoms with Crippen LogP contribution < -0.4 is 16.1 Å². The summed E-state index contributed by atoms with van der Waals surface area (Å²) in [5, 5.41) is 11.8. The van der Waals surface area contributed by atoms with Crippen LogP contribution in [0.4, 0.5) is 5.69 Å². The highest BCUT2D eigenvalue weighted by molar-refractivity contribution is 5.94. The molecule has 0 bridgehead atoms. The van der Waals surface area contributed by atoms with Gasteiger partial charge in [-0.25, -0.2) is 9.59 Å². The van der Waals surface area contributed by atoms with Crippen molar-refractivity contribution >= 4 is 22.6 Å². The van der Waals surface area contributed by atoms with Crippen molar-refractivity contribution in [3.8, 4) is 5.75 Å². The maximum absolute atomic E-state index is 12.9. The molecule has 1 aromatic heterocycles. The molecule has 1 aliphatic rings. The number of nitrogens with zero attached hydrogens (tertiary/aromatic N) is 1. The van der Waals surface area contributed by atoms with E-state index in [0.29, 0.717) is 10.9 Å². The maximum Gasteiger partial charge on any atom is 0.344 e. The standard InChI is InChI=1S/C21H16N2O7/c1-2-28-20(24)17-15(11-6-5-7-12(10-11)23(26)27)16-18(30-19(17)22)13-8-3-4-9-14(13)29-21(16)25/h3-10,15H,2,22H2,1H3/t15-/m1/s1. The molecule has 2 N–H and O–H groups in total. The molecule has 0 saturated carbocycles. The molecule has 1 atom stereocenters. The molecular weight excluding hydrogens is 392 g/mol. The van der Waals surface area contributed by atoms with E-state index >= 15 is 0 Å². The lowest BCUT2D eigenvalue weighted by molar-refractivity contribution is -0.384. The minimum absolute atomic E-state index is 0.0199. The molecule has 0 unspecified atom stereocenters. The predicted molar refractivity (Wildman–Crippen MR) is 106 cm³/mol. The molecule has 0 amide bonds. The number of esters is 1. The number of hydrogen-bond donors (Lipinski definition) is 1. The number of carbonyl (C=O) groups is 1. The Bertz CT molecular complexity index is 1280. The van der Waals surface area contributed by atoms with Crippen LogP contribution in [-0.2, 0) is 9.53 Å². The van der Waals surface area contributed by atoms with Gasteiger partial charge in [0.15, 0.2) is 5.75 Å². The van der Waals surface area contributed by atoms with Gasteiger partial charge in [-0.1, -0.05) is 24.3 Å². The van der Waals surface area contributed by atoms with Crippen molar-refractivity contribution in [3.05, 3.63) is 91.6 Å². The monoisotopic (exact) mass is 408 g/mol. The summed E-state index contributed by atoms with van der Waals surface area (Å²) in [6.45, 7) is 1.69. The van der Waals surface area contributed by atoms with Crippen LogP contribution >= 0.6 is 0 Å². The van der Waals surface area contributed by atoms with Crippen LogP contribution in [-0.4, -0.2) is 17.5 Å². The third-order valence-electron chi connectivity index (χ3n) is 4.76. The first-order valence-electron chi connectivity index (χ1n) is 9.07. The number of nitrogens with two attached hydrogens (primary N) is 1. The molecule has 1 aliphatic heterocycles. The van der Waals surface area contributed by atoms with E-state index in [2.05, 4.69) is 0 Å². The number of fused-ring (bicyclic) bond motifs is 3. The SMILES string of the molecule is CCOC(=O)C1=C(N)Oc2c(c(=O)oc3ccccc23)[C@H]1c1cccc([N+](=O)[O-])c1. The highest BCUT2D eigenvalue weighted by atomic mass is 16.6. The van der Waals surface area contributed by atoms with Crippen LogP contribution in [0, 0.1) is 10.1 Å². The van der Waals surface area contributed by atoms with Gasteiger partial charge in [0, 0.05) is 12.1 Å². The van der Waals surface area contributed by atoms with Gasteiger partial charge in [-0.05, 0) is 24.6 Å². The van der Waals surface area contributed by atoms with Crippen LogP contribution in [0.15, 0.2) is 69.2 Å². The molecule has 0 aliphatic carbocycles. The highest BCUT2D eigenvalue weighted by Crippen LogP contribution is 2.44. The van der Waals surface area contributed by atoms with Gasteiger partial charge >= 0.3 is 11.6 Å². The first kappa shape index (κ1) is 19.2. The van der Waals surface area contributed by atoms with E-state index in [9.17, 15) is 19.7 Å². The summed E-state index contributed by atoms with van der Waals surface area (Å²) in [4.78, 5) is 36.3. The van der Waals surface area contributed by atoms with Gasteiger partial charge in [0.1, 0.15) is 11.2 Å². The fraction of sp³-hybridized carbons (Fsp3) is 0.143. The van der Waals surface area contributed by atoms with Gasteiger partial charge in [0.05, 0.1) is 28.4 Å². The lowest BCUT2D eigenvalue weighted by atomic mass is 9.83. The van der Waals surface area contributed by atoms with Crippen LogP contribution in [0.3, 0.4) is 0 Å². The molecule has 4 rings (SSSR count). The number of benzene rings is 2. The zero-order valence-electron chi connectivity index (χ0n) is 15.8. The Morgan fingerprint density at radius 3 is 2.73 bits per heavy atom. The molecule has 3 aromatic rings. The second kappa shape index (κ2) is 7.36. The summed E-state index contributed by atoms with van der Waals surface area (Å²) in [5.74, 6) is -1.95. The number of rotatable bonds is 4. The number of nitro groups is 1. The van der Waals surface area contributed by atoms with Crippen LogP contribution in [0.5, 0.6) is 5.75 Å². The number of carbonyl (C=O) groups excluding carboxylic acids is 1. The zero-order valence-corrected chi connectivity index (χ0v) is 15.8. The summed E-state index contributed by atoms with van der Waals surface area (Å²) in [7, 11) is 0. The summed E-state index contributed by atoms with van der Waals surface area (Å²) < 4.78 is 16.2. The Hall–Kier alpha value is -4.14. The molecule has 152 valence electrons. The van der Waals surface area contributed by atoms with Crippen LogP contribution in [0.1, 0.15) is 24.0 Å². The number of para-hydroxylation sites is 1. The van der Waals surface area contributed by atoms with Gasteiger partial charge < -0.3 is 19.6 Å². The molecule has 30 heavy (non-hydrogen) atoms. The van der Waals surface area contributed by atoms with Crippen molar-refractivity contribution in [2.45, 2.75) is 12.8 Å². The van der Waals surface area contributed by atoms with Crippen molar-refractivity contribution in [1.82, 2.24) is 0 Å². The summed E-state index contributed by atoms with van der Waals surface area (Å²) in [6.07, 6.45) is 0. The number of hydrogen-bond acceptors (Lipinski definition) is 8. The van der Waals surface area contributed by atoms with Gasteiger partial charge in [0.2, 0.25) is 5.88 Å². The molecule has 2 aromatic carbocycles. The fourth-order valence-electron chi connectivity index (χ4n) is 3.52. The maximum atomic E-state index is 12.9. The van der Waals surface area contributed by atoms with E-state index < -0.39 is 22.4 Å². The Kier molecular flexibility index (Phi) is 4.71. The Balaban J connectivity index is 2.05. The molecule has 0 radical (unpaired) electrons. The average Bonchev–Trinajstić information content (AvgIpc) is 2.73. The number of nitro benzene ring substituents is 1. The Morgan fingerprint density at radius 2 is 2.00 bits per heavy atom. The molecular formula is C21H16N2O7. The van der Waals surface area contributed by atoms with Gasteiger partial charge in [-0.2, -0.15) is 0 Å². The summed E-state index contributed by atoms with van der Waals surface area (Å²) >= 11 is 0. The third-order valence-corrected chi connectivity index (χ3v) is 4.76. The molecule has 9 nitrogen and oxygen atoms in total. The van der Waals surface area contributed by atoms with Crippen molar-refractivity contribution in [2.24, 2.45) is 5.73 Å². The van der Waals surface area contributed by atoms with Gasteiger partial charge in [-0.15, -0.1) is 0 Å². The van der Waals surface area contributed by atoms with Crippen LogP contribution in [0.25, 0.3) is 11.0 Å². The minimum atomic E-state index is -1.06. The van der Waals surface area contributed by atoms with E-state index in [4.69, 9.17) is 19.6 Å². The Labute approximate surface area is 169 Å². The fourth-order valence-corrected chi connectivity index (χ4v) is 3.52. The van der Waals surface area contributed by atoms with Crippen molar-refractivity contribution in [2.75, 3.05) is 6.61 Å². The largest absolute Gasteiger partial charge is 0.462 e. The molecule has 0 spiro atoms. The molecule has 2 heterocycles. The highest BCUT2D eigenvalue weighted by Gasteiger charge is 2.39. The van der Waals surface area contributed by atoms with Crippen LogP contribution in [0.2, 0.25) is 0 Å². The normalized spacial score (nSPS) is 15.4. The smallest absolute Gasteiger partial charge is 0.344 e. The summed E-state index contributed by atoms with van der Waals surface area (Å²) in [6, 6.07) is 12.3. The minimum Gasteiger partial charge on any atom is -0.462 e. The van der Waals surface area contributed by atoms with Crippen molar-refractivity contribution < 1.29 is 23.6 Å². The van der Waals surface area contributed by atoms with E-state index in [1.807, 2.05) is 0 Å².